The molecule has 0 atom stereocenters. The summed E-state index contributed by atoms with van der Waals surface area (Å²) in [5.74, 6) is -0.137. The van der Waals surface area contributed by atoms with E-state index in [1.54, 1.807) is 0 Å². The SMILES string of the molecule is CCOC(=O)CN(CC)CCCCN. The highest BCUT2D eigenvalue weighted by Crippen LogP contribution is 1.95. The minimum absolute atomic E-state index is 0.137. The van der Waals surface area contributed by atoms with Crippen LogP contribution in [0.3, 0.4) is 0 Å². The van der Waals surface area contributed by atoms with Gasteiger partial charge >= 0.3 is 5.97 Å². The molecule has 0 aromatic carbocycles. The van der Waals surface area contributed by atoms with Crippen molar-refractivity contribution in [3.8, 4) is 0 Å². The summed E-state index contributed by atoms with van der Waals surface area (Å²) in [7, 11) is 0. The zero-order valence-electron chi connectivity index (χ0n) is 9.29. The maximum Gasteiger partial charge on any atom is 0.320 e. The lowest BCUT2D eigenvalue weighted by Crippen LogP contribution is -2.32. The summed E-state index contributed by atoms with van der Waals surface area (Å²) in [5, 5.41) is 0. The molecule has 84 valence electrons. The van der Waals surface area contributed by atoms with Crippen LogP contribution in [0.25, 0.3) is 0 Å². The molecule has 0 aliphatic rings. The predicted molar refractivity (Wildman–Crippen MR) is 57.0 cm³/mol. The van der Waals surface area contributed by atoms with E-state index in [2.05, 4.69) is 4.90 Å². The smallest absolute Gasteiger partial charge is 0.320 e. The van der Waals surface area contributed by atoms with Gasteiger partial charge in [-0.3, -0.25) is 9.69 Å². The van der Waals surface area contributed by atoms with Crippen molar-refractivity contribution in [2.75, 3.05) is 32.8 Å². The fourth-order valence-corrected chi connectivity index (χ4v) is 1.22. The van der Waals surface area contributed by atoms with E-state index in [0.717, 1.165) is 32.5 Å². The van der Waals surface area contributed by atoms with Gasteiger partial charge in [-0.2, -0.15) is 0 Å². The van der Waals surface area contributed by atoms with Gasteiger partial charge in [0.15, 0.2) is 0 Å². The summed E-state index contributed by atoms with van der Waals surface area (Å²) < 4.78 is 4.88. The van der Waals surface area contributed by atoms with Gasteiger partial charge in [0.1, 0.15) is 0 Å². The summed E-state index contributed by atoms with van der Waals surface area (Å²) in [6.07, 6.45) is 2.06. The van der Waals surface area contributed by atoms with Crippen molar-refractivity contribution in [1.29, 1.82) is 0 Å². The monoisotopic (exact) mass is 202 g/mol. The maximum atomic E-state index is 11.2. The van der Waals surface area contributed by atoms with Gasteiger partial charge in [-0.15, -0.1) is 0 Å². The lowest BCUT2D eigenvalue weighted by Gasteiger charge is -2.18. The number of likely N-dealkylation sites (N-methyl/N-ethyl adjacent to an activating group) is 1. The van der Waals surface area contributed by atoms with Crippen LogP contribution in [0.1, 0.15) is 26.7 Å². The van der Waals surface area contributed by atoms with Crippen LogP contribution in [0.4, 0.5) is 0 Å². The van der Waals surface area contributed by atoms with Gasteiger partial charge in [-0.1, -0.05) is 6.92 Å². The Morgan fingerprint density at radius 3 is 2.57 bits per heavy atom. The van der Waals surface area contributed by atoms with Crippen LogP contribution >= 0.6 is 0 Å². The van der Waals surface area contributed by atoms with E-state index in [-0.39, 0.29) is 5.97 Å². The number of unbranched alkanes of at least 4 members (excludes halogenated alkanes) is 1. The summed E-state index contributed by atoms with van der Waals surface area (Å²) >= 11 is 0. The lowest BCUT2D eigenvalue weighted by atomic mass is 10.3. The molecular formula is C10H22N2O2. The average molecular weight is 202 g/mol. The summed E-state index contributed by atoms with van der Waals surface area (Å²) in [6, 6.07) is 0. The van der Waals surface area contributed by atoms with E-state index in [4.69, 9.17) is 10.5 Å². The minimum Gasteiger partial charge on any atom is -0.465 e. The molecule has 0 aliphatic heterocycles. The predicted octanol–water partition coefficient (Wildman–Crippen LogP) is 0.610. The van der Waals surface area contributed by atoms with Gasteiger partial charge in [0.2, 0.25) is 0 Å². The molecule has 0 saturated carbocycles. The zero-order valence-corrected chi connectivity index (χ0v) is 9.29. The fourth-order valence-electron chi connectivity index (χ4n) is 1.22. The van der Waals surface area contributed by atoms with Crippen LogP contribution in [0.2, 0.25) is 0 Å². The molecule has 0 radical (unpaired) electrons. The van der Waals surface area contributed by atoms with E-state index in [0.29, 0.717) is 13.2 Å². The van der Waals surface area contributed by atoms with Crippen molar-refractivity contribution < 1.29 is 9.53 Å². The highest BCUT2D eigenvalue weighted by Gasteiger charge is 2.08. The third kappa shape index (κ3) is 6.86. The lowest BCUT2D eigenvalue weighted by molar-refractivity contribution is -0.144. The molecule has 0 amide bonds. The molecule has 0 aliphatic carbocycles. The first kappa shape index (κ1) is 13.4. The van der Waals surface area contributed by atoms with Crippen LogP contribution in [-0.2, 0) is 9.53 Å². The molecule has 0 bridgehead atoms. The normalized spacial score (nSPS) is 10.6. The first-order valence-corrected chi connectivity index (χ1v) is 5.32. The Bertz CT molecular complexity index is 151. The van der Waals surface area contributed by atoms with Crippen LogP contribution in [-0.4, -0.2) is 43.7 Å². The first-order valence-electron chi connectivity index (χ1n) is 5.32. The Hall–Kier alpha value is -0.610. The highest BCUT2D eigenvalue weighted by atomic mass is 16.5. The Balaban J connectivity index is 3.61. The second-order valence-corrected chi connectivity index (χ2v) is 3.17. The highest BCUT2D eigenvalue weighted by molar-refractivity contribution is 5.71. The molecule has 0 fully saturated rings. The number of hydrogen-bond acceptors (Lipinski definition) is 4. The molecule has 0 spiro atoms. The Morgan fingerprint density at radius 2 is 2.07 bits per heavy atom. The molecule has 4 heteroatoms. The molecule has 0 heterocycles. The van der Waals surface area contributed by atoms with Gasteiger partial charge in [0.25, 0.3) is 0 Å². The third-order valence-corrected chi connectivity index (χ3v) is 2.03. The Morgan fingerprint density at radius 1 is 1.36 bits per heavy atom. The number of hydrogen-bond donors (Lipinski definition) is 1. The number of nitrogens with zero attached hydrogens (tertiary/aromatic N) is 1. The van der Waals surface area contributed by atoms with E-state index in [1.807, 2.05) is 13.8 Å². The summed E-state index contributed by atoms with van der Waals surface area (Å²) in [5.41, 5.74) is 5.39. The molecule has 0 aromatic heterocycles. The largest absolute Gasteiger partial charge is 0.465 e. The van der Waals surface area contributed by atoms with Crippen LogP contribution in [0.5, 0.6) is 0 Å². The van der Waals surface area contributed by atoms with Crippen molar-refractivity contribution in [2.24, 2.45) is 5.73 Å². The van der Waals surface area contributed by atoms with Crippen molar-refractivity contribution in [3.63, 3.8) is 0 Å². The Labute approximate surface area is 86.4 Å². The maximum absolute atomic E-state index is 11.2. The van der Waals surface area contributed by atoms with Crippen molar-refractivity contribution in [3.05, 3.63) is 0 Å². The molecule has 14 heavy (non-hydrogen) atoms. The van der Waals surface area contributed by atoms with Crippen molar-refractivity contribution in [2.45, 2.75) is 26.7 Å². The van der Waals surface area contributed by atoms with Gasteiger partial charge in [0.05, 0.1) is 13.2 Å². The van der Waals surface area contributed by atoms with Gasteiger partial charge in [-0.05, 0) is 39.4 Å². The number of rotatable bonds is 8. The number of nitrogens with two attached hydrogens (primary N) is 1. The molecule has 2 N–H and O–H groups in total. The molecular weight excluding hydrogens is 180 g/mol. The quantitative estimate of drug-likeness (QED) is 0.463. The molecule has 0 saturated heterocycles. The van der Waals surface area contributed by atoms with Crippen molar-refractivity contribution >= 4 is 5.97 Å². The van der Waals surface area contributed by atoms with Crippen LogP contribution in [0.15, 0.2) is 0 Å². The standard InChI is InChI=1S/C10H22N2O2/c1-3-12(8-6-5-7-11)9-10(13)14-4-2/h3-9,11H2,1-2H3. The number of carbonyl (C=O) groups excluding carboxylic acids is 1. The van der Waals surface area contributed by atoms with E-state index in [1.165, 1.54) is 0 Å². The zero-order chi connectivity index (χ0) is 10.8. The van der Waals surface area contributed by atoms with Gasteiger partial charge in [0, 0.05) is 0 Å². The van der Waals surface area contributed by atoms with E-state index >= 15 is 0 Å². The third-order valence-electron chi connectivity index (χ3n) is 2.03. The first-order chi connectivity index (χ1) is 6.74. The topological polar surface area (TPSA) is 55.6 Å². The van der Waals surface area contributed by atoms with Gasteiger partial charge < -0.3 is 10.5 Å². The number of carbonyl (C=O) groups is 1. The van der Waals surface area contributed by atoms with Crippen LogP contribution in [0, 0.1) is 0 Å². The van der Waals surface area contributed by atoms with Crippen molar-refractivity contribution in [1.82, 2.24) is 4.90 Å². The average Bonchev–Trinajstić information content (AvgIpc) is 2.17. The van der Waals surface area contributed by atoms with E-state index in [9.17, 15) is 4.79 Å². The minimum atomic E-state index is -0.137. The molecule has 0 rings (SSSR count). The van der Waals surface area contributed by atoms with Gasteiger partial charge in [-0.25, -0.2) is 0 Å². The number of esters is 1. The fraction of sp³-hybridized carbons (Fsp3) is 0.900. The molecule has 0 aromatic rings. The number of ether oxygens (including phenoxy) is 1. The second-order valence-electron chi connectivity index (χ2n) is 3.17. The Kier molecular flexibility index (Phi) is 8.57. The molecule has 0 unspecified atom stereocenters. The summed E-state index contributed by atoms with van der Waals surface area (Å²) in [6.45, 7) is 7.24. The molecule has 4 nitrogen and oxygen atoms in total. The van der Waals surface area contributed by atoms with Crippen LogP contribution < -0.4 is 5.73 Å². The second kappa shape index (κ2) is 8.97. The van der Waals surface area contributed by atoms with E-state index < -0.39 is 0 Å². The summed E-state index contributed by atoms with van der Waals surface area (Å²) in [4.78, 5) is 13.2.